The molecule has 1 amide bonds. The SMILES string of the molecule is COc1ccc([N+](=O)[O-])cc1NC(=O)COC(=O)c1ccc(C)cc1. The molecular formula is C17H16N2O6. The first-order valence-electron chi connectivity index (χ1n) is 7.27. The molecule has 0 saturated heterocycles. The van der Waals surface area contributed by atoms with Crippen LogP contribution in [-0.4, -0.2) is 30.5 Å². The van der Waals surface area contributed by atoms with Gasteiger partial charge in [0.1, 0.15) is 5.75 Å². The smallest absolute Gasteiger partial charge is 0.338 e. The Morgan fingerprint density at radius 1 is 1.16 bits per heavy atom. The van der Waals surface area contributed by atoms with E-state index in [2.05, 4.69) is 5.32 Å². The average molecular weight is 344 g/mol. The van der Waals surface area contributed by atoms with Crippen molar-refractivity contribution >= 4 is 23.3 Å². The molecule has 0 aromatic heterocycles. The molecule has 0 aliphatic heterocycles. The standard InChI is InChI=1S/C17H16N2O6/c1-11-3-5-12(6-4-11)17(21)25-10-16(20)18-14-9-13(19(22)23)7-8-15(14)24-2/h3-9H,10H2,1-2H3,(H,18,20). The van der Waals surface area contributed by atoms with Gasteiger partial charge in [-0.05, 0) is 25.1 Å². The van der Waals surface area contributed by atoms with Crippen molar-refractivity contribution < 1.29 is 24.0 Å². The number of aryl methyl sites for hydroxylation is 1. The number of esters is 1. The van der Waals surface area contributed by atoms with Gasteiger partial charge in [0.05, 0.1) is 23.3 Å². The Kier molecular flexibility index (Phi) is 5.67. The van der Waals surface area contributed by atoms with Crippen molar-refractivity contribution in [2.75, 3.05) is 19.0 Å². The highest BCUT2D eigenvalue weighted by atomic mass is 16.6. The summed E-state index contributed by atoms with van der Waals surface area (Å²) in [7, 11) is 1.37. The van der Waals surface area contributed by atoms with Crippen LogP contribution in [0.25, 0.3) is 0 Å². The molecule has 0 unspecified atom stereocenters. The zero-order valence-electron chi connectivity index (χ0n) is 13.6. The van der Waals surface area contributed by atoms with E-state index >= 15 is 0 Å². The predicted octanol–water partition coefficient (Wildman–Crippen LogP) is 2.71. The van der Waals surface area contributed by atoms with Crippen molar-refractivity contribution in [2.45, 2.75) is 6.92 Å². The molecule has 1 N–H and O–H groups in total. The number of rotatable bonds is 6. The first kappa shape index (κ1) is 17.9. The van der Waals surface area contributed by atoms with Crippen LogP contribution in [-0.2, 0) is 9.53 Å². The molecule has 2 aromatic rings. The Labute approximate surface area is 143 Å². The molecule has 0 bridgehead atoms. The Balaban J connectivity index is 2.00. The molecule has 8 heteroatoms. The molecule has 0 atom stereocenters. The van der Waals surface area contributed by atoms with Gasteiger partial charge in [-0.2, -0.15) is 0 Å². The number of hydrogen-bond donors (Lipinski definition) is 1. The van der Waals surface area contributed by atoms with E-state index in [9.17, 15) is 19.7 Å². The summed E-state index contributed by atoms with van der Waals surface area (Å²) in [5.41, 5.74) is 1.24. The van der Waals surface area contributed by atoms with Crippen molar-refractivity contribution in [3.8, 4) is 5.75 Å². The number of nitro groups is 1. The molecule has 0 aliphatic carbocycles. The Morgan fingerprint density at radius 2 is 1.84 bits per heavy atom. The van der Waals surface area contributed by atoms with E-state index < -0.39 is 23.4 Å². The van der Waals surface area contributed by atoms with E-state index in [1.165, 1.54) is 25.3 Å². The average Bonchev–Trinajstić information content (AvgIpc) is 2.60. The van der Waals surface area contributed by atoms with Crippen LogP contribution in [0.1, 0.15) is 15.9 Å². The second-order valence-corrected chi connectivity index (χ2v) is 5.13. The number of nitro benzene ring substituents is 1. The van der Waals surface area contributed by atoms with Crippen molar-refractivity contribution in [3.05, 3.63) is 63.7 Å². The van der Waals surface area contributed by atoms with E-state index in [0.29, 0.717) is 5.56 Å². The number of carbonyl (C=O) groups excluding carboxylic acids is 2. The number of amides is 1. The predicted molar refractivity (Wildman–Crippen MR) is 89.7 cm³/mol. The second kappa shape index (κ2) is 7.91. The van der Waals surface area contributed by atoms with Gasteiger partial charge in [0.2, 0.25) is 0 Å². The maximum atomic E-state index is 11.9. The lowest BCUT2D eigenvalue weighted by molar-refractivity contribution is -0.384. The van der Waals surface area contributed by atoms with E-state index in [-0.39, 0.29) is 17.1 Å². The molecule has 25 heavy (non-hydrogen) atoms. The van der Waals surface area contributed by atoms with E-state index in [1.54, 1.807) is 24.3 Å². The highest BCUT2D eigenvalue weighted by Gasteiger charge is 2.15. The zero-order chi connectivity index (χ0) is 18.4. The molecule has 0 heterocycles. The molecule has 8 nitrogen and oxygen atoms in total. The molecule has 0 radical (unpaired) electrons. The zero-order valence-corrected chi connectivity index (χ0v) is 13.6. The van der Waals surface area contributed by atoms with Gasteiger partial charge >= 0.3 is 5.97 Å². The van der Waals surface area contributed by atoms with Gasteiger partial charge in [0.15, 0.2) is 6.61 Å². The van der Waals surface area contributed by atoms with Gasteiger partial charge in [-0.25, -0.2) is 4.79 Å². The maximum absolute atomic E-state index is 11.9. The Hall–Kier alpha value is -3.42. The Morgan fingerprint density at radius 3 is 2.44 bits per heavy atom. The summed E-state index contributed by atoms with van der Waals surface area (Å²) in [6.45, 7) is 1.35. The van der Waals surface area contributed by atoms with Crippen LogP contribution in [0.3, 0.4) is 0 Å². The summed E-state index contributed by atoms with van der Waals surface area (Å²) in [4.78, 5) is 34.0. The van der Waals surface area contributed by atoms with Gasteiger partial charge in [-0.1, -0.05) is 17.7 Å². The van der Waals surface area contributed by atoms with Crippen LogP contribution in [0.5, 0.6) is 5.75 Å². The lowest BCUT2D eigenvalue weighted by Gasteiger charge is -2.10. The number of anilines is 1. The fraction of sp³-hybridized carbons (Fsp3) is 0.176. The largest absolute Gasteiger partial charge is 0.495 e. The molecular weight excluding hydrogens is 328 g/mol. The minimum absolute atomic E-state index is 0.119. The molecule has 0 aliphatic rings. The minimum Gasteiger partial charge on any atom is -0.495 e. The highest BCUT2D eigenvalue weighted by Crippen LogP contribution is 2.28. The third-order valence-electron chi connectivity index (χ3n) is 3.29. The van der Waals surface area contributed by atoms with Gasteiger partial charge in [0.25, 0.3) is 11.6 Å². The van der Waals surface area contributed by atoms with Crippen LogP contribution < -0.4 is 10.1 Å². The number of hydrogen-bond acceptors (Lipinski definition) is 6. The molecule has 0 fully saturated rings. The number of nitrogens with one attached hydrogen (secondary N) is 1. The third-order valence-corrected chi connectivity index (χ3v) is 3.29. The van der Waals surface area contributed by atoms with Gasteiger partial charge in [-0.15, -0.1) is 0 Å². The monoisotopic (exact) mass is 344 g/mol. The van der Waals surface area contributed by atoms with E-state index in [1.807, 2.05) is 6.92 Å². The lowest BCUT2D eigenvalue weighted by Crippen LogP contribution is -2.21. The van der Waals surface area contributed by atoms with Gasteiger partial charge in [0, 0.05) is 12.1 Å². The van der Waals surface area contributed by atoms with Crippen LogP contribution >= 0.6 is 0 Å². The molecule has 2 rings (SSSR count). The highest BCUT2D eigenvalue weighted by molar-refractivity contribution is 5.96. The van der Waals surface area contributed by atoms with Crippen molar-refractivity contribution in [1.82, 2.24) is 0 Å². The van der Waals surface area contributed by atoms with Gasteiger partial charge in [-0.3, -0.25) is 14.9 Å². The first-order chi connectivity index (χ1) is 11.9. The van der Waals surface area contributed by atoms with Crippen molar-refractivity contribution in [3.63, 3.8) is 0 Å². The van der Waals surface area contributed by atoms with Crippen molar-refractivity contribution in [1.29, 1.82) is 0 Å². The number of non-ortho nitro benzene ring substituents is 1. The third kappa shape index (κ3) is 4.77. The van der Waals surface area contributed by atoms with Crippen LogP contribution in [0.2, 0.25) is 0 Å². The fourth-order valence-corrected chi connectivity index (χ4v) is 2.00. The second-order valence-electron chi connectivity index (χ2n) is 5.13. The van der Waals surface area contributed by atoms with Crippen LogP contribution in [0, 0.1) is 17.0 Å². The number of ether oxygens (including phenoxy) is 2. The fourth-order valence-electron chi connectivity index (χ4n) is 2.00. The lowest BCUT2D eigenvalue weighted by atomic mass is 10.1. The molecule has 0 spiro atoms. The minimum atomic E-state index is -0.640. The Bertz CT molecular complexity index is 801. The summed E-state index contributed by atoms with van der Waals surface area (Å²) in [6.07, 6.45) is 0. The first-order valence-corrected chi connectivity index (χ1v) is 7.27. The van der Waals surface area contributed by atoms with E-state index in [0.717, 1.165) is 5.56 Å². The van der Waals surface area contributed by atoms with Crippen molar-refractivity contribution in [2.24, 2.45) is 0 Å². The summed E-state index contributed by atoms with van der Waals surface area (Å²) in [5, 5.41) is 13.2. The molecule has 2 aromatic carbocycles. The number of carbonyl (C=O) groups is 2. The van der Waals surface area contributed by atoms with E-state index in [4.69, 9.17) is 9.47 Å². The quantitative estimate of drug-likeness (QED) is 0.490. The summed E-state index contributed by atoms with van der Waals surface area (Å²) in [6, 6.07) is 10.5. The van der Waals surface area contributed by atoms with Gasteiger partial charge < -0.3 is 14.8 Å². The summed E-state index contributed by atoms with van der Waals surface area (Å²) >= 11 is 0. The molecule has 130 valence electrons. The normalized spacial score (nSPS) is 10.0. The maximum Gasteiger partial charge on any atom is 0.338 e. The summed E-state index contributed by atoms with van der Waals surface area (Å²) in [5.74, 6) is -1.02. The topological polar surface area (TPSA) is 108 Å². The number of nitrogens with zero attached hydrogens (tertiary/aromatic N) is 1. The molecule has 0 saturated carbocycles. The number of methoxy groups -OCH3 is 1. The van der Waals surface area contributed by atoms with Crippen LogP contribution in [0.15, 0.2) is 42.5 Å². The summed E-state index contributed by atoms with van der Waals surface area (Å²) < 4.78 is 9.97. The van der Waals surface area contributed by atoms with Crippen LogP contribution in [0.4, 0.5) is 11.4 Å². The number of benzene rings is 2.